The highest BCUT2D eigenvalue weighted by molar-refractivity contribution is 5.60. The van der Waals surface area contributed by atoms with Gasteiger partial charge in [0.25, 0.3) is 0 Å². The summed E-state index contributed by atoms with van der Waals surface area (Å²) < 4.78 is 0. The third kappa shape index (κ3) is 1.70. The van der Waals surface area contributed by atoms with Gasteiger partial charge in [0.1, 0.15) is 6.29 Å². The lowest BCUT2D eigenvalue weighted by atomic mass is 9.76. The fourth-order valence-electron chi connectivity index (χ4n) is 2.38. The van der Waals surface area contributed by atoms with Crippen LogP contribution in [0.15, 0.2) is 0 Å². The molecule has 1 fully saturated rings. The largest absolute Gasteiger partial charge is 0.303 e. The van der Waals surface area contributed by atoms with Crippen molar-refractivity contribution in [1.82, 2.24) is 0 Å². The molecule has 1 heteroatoms. The van der Waals surface area contributed by atoms with Crippen molar-refractivity contribution < 1.29 is 4.79 Å². The lowest BCUT2D eigenvalue weighted by Gasteiger charge is -2.27. The Bertz CT molecular complexity index is 153. The van der Waals surface area contributed by atoms with E-state index in [-0.39, 0.29) is 5.41 Å². The van der Waals surface area contributed by atoms with Gasteiger partial charge in [-0.25, -0.2) is 0 Å². The van der Waals surface area contributed by atoms with Crippen LogP contribution in [0.5, 0.6) is 0 Å². The molecule has 0 bridgehead atoms. The van der Waals surface area contributed by atoms with Crippen molar-refractivity contribution in [2.75, 3.05) is 0 Å². The Morgan fingerprint density at radius 3 is 2.75 bits per heavy atom. The summed E-state index contributed by atoms with van der Waals surface area (Å²) in [6, 6.07) is 0. The van der Waals surface area contributed by atoms with Crippen LogP contribution in [-0.2, 0) is 4.79 Å². The van der Waals surface area contributed by atoms with Crippen LogP contribution >= 0.6 is 0 Å². The second-order valence-corrected chi connectivity index (χ2v) is 4.25. The smallest absolute Gasteiger partial charge is 0.126 e. The molecule has 0 saturated heterocycles. The van der Waals surface area contributed by atoms with Gasteiger partial charge in [0.2, 0.25) is 0 Å². The molecular weight excluding hydrogens is 148 g/mol. The summed E-state index contributed by atoms with van der Waals surface area (Å²) in [6.07, 6.45) is 8.42. The Kier molecular flexibility index (Phi) is 3.30. The van der Waals surface area contributed by atoms with Gasteiger partial charge in [-0.15, -0.1) is 0 Å². The van der Waals surface area contributed by atoms with Gasteiger partial charge in [-0.1, -0.05) is 33.1 Å². The third-order valence-corrected chi connectivity index (χ3v) is 3.49. The molecule has 1 nitrogen and oxygen atoms in total. The molecule has 2 atom stereocenters. The summed E-state index contributed by atoms with van der Waals surface area (Å²) in [6.45, 7) is 4.43. The van der Waals surface area contributed by atoms with Crippen LogP contribution in [0.1, 0.15) is 52.4 Å². The van der Waals surface area contributed by atoms with Gasteiger partial charge in [0.15, 0.2) is 0 Å². The van der Waals surface area contributed by atoms with Crippen molar-refractivity contribution in [3.05, 3.63) is 0 Å². The van der Waals surface area contributed by atoms with E-state index in [1.165, 1.54) is 32.0 Å². The van der Waals surface area contributed by atoms with E-state index in [0.717, 1.165) is 12.8 Å². The van der Waals surface area contributed by atoms with Gasteiger partial charge in [0.05, 0.1) is 0 Å². The number of hydrogen-bond donors (Lipinski definition) is 0. The molecule has 0 aromatic heterocycles. The third-order valence-electron chi connectivity index (χ3n) is 3.49. The maximum atomic E-state index is 11.0. The van der Waals surface area contributed by atoms with Crippen molar-refractivity contribution in [3.8, 4) is 0 Å². The van der Waals surface area contributed by atoms with Crippen LogP contribution in [0.3, 0.4) is 0 Å². The molecule has 0 amide bonds. The Labute approximate surface area is 75.5 Å². The van der Waals surface area contributed by atoms with Crippen molar-refractivity contribution in [1.29, 1.82) is 0 Å². The molecule has 1 rings (SSSR count). The van der Waals surface area contributed by atoms with Crippen LogP contribution < -0.4 is 0 Å². The zero-order valence-electron chi connectivity index (χ0n) is 8.31. The maximum Gasteiger partial charge on any atom is 0.126 e. The average molecular weight is 168 g/mol. The van der Waals surface area contributed by atoms with Crippen LogP contribution in [-0.4, -0.2) is 6.29 Å². The Balaban J connectivity index is 2.55. The minimum absolute atomic E-state index is 0.0655. The summed E-state index contributed by atoms with van der Waals surface area (Å²) in [4.78, 5) is 11.0. The predicted octanol–water partition coefficient (Wildman–Crippen LogP) is 3.18. The Hall–Kier alpha value is -0.330. The first-order valence-electron chi connectivity index (χ1n) is 5.21. The monoisotopic (exact) mass is 168 g/mol. The van der Waals surface area contributed by atoms with Crippen LogP contribution in [0.2, 0.25) is 0 Å². The van der Waals surface area contributed by atoms with Gasteiger partial charge < -0.3 is 4.79 Å². The second kappa shape index (κ2) is 4.06. The van der Waals surface area contributed by atoms with Crippen molar-refractivity contribution >= 4 is 6.29 Å². The molecule has 0 N–H and O–H groups in total. The van der Waals surface area contributed by atoms with Crippen LogP contribution in [0.4, 0.5) is 0 Å². The SMILES string of the molecule is CCCCC1(C=O)CCCC1C. The summed E-state index contributed by atoms with van der Waals surface area (Å²) in [5.74, 6) is 0.626. The number of carbonyl (C=O) groups is 1. The van der Waals surface area contributed by atoms with E-state index >= 15 is 0 Å². The molecular formula is C11H20O. The van der Waals surface area contributed by atoms with E-state index in [9.17, 15) is 4.79 Å². The molecule has 0 radical (unpaired) electrons. The molecule has 70 valence electrons. The highest BCUT2D eigenvalue weighted by Crippen LogP contribution is 2.45. The summed E-state index contributed by atoms with van der Waals surface area (Å²) in [7, 11) is 0. The number of aldehydes is 1. The zero-order valence-corrected chi connectivity index (χ0v) is 8.31. The molecule has 12 heavy (non-hydrogen) atoms. The lowest BCUT2D eigenvalue weighted by Crippen LogP contribution is -2.25. The van der Waals surface area contributed by atoms with E-state index in [2.05, 4.69) is 13.8 Å². The standard InChI is InChI=1S/C11H20O/c1-3-4-7-11(9-12)8-5-6-10(11)2/h9-10H,3-8H2,1-2H3. The summed E-state index contributed by atoms with van der Waals surface area (Å²) in [5.41, 5.74) is 0.0655. The van der Waals surface area contributed by atoms with E-state index in [1.807, 2.05) is 0 Å². The van der Waals surface area contributed by atoms with E-state index < -0.39 is 0 Å². The van der Waals surface area contributed by atoms with E-state index in [4.69, 9.17) is 0 Å². The zero-order chi connectivity index (χ0) is 9.03. The van der Waals surface area contributed by atoms with Crippen LogP contribution in [0, 0.1) is 11.3 Å². The number of carbonyl (C=O) groups excluding carboxylic acids is 1. The molecule has 1 aliphatic carbocycles. The molecule has 0 aromatic rings. The van der Waals surface area contributed by atoms with E-state index in [0.29, 0.717) is 5.92 Å². The number of hydrogen-bond acceptors (Lipinski definition) is 1. The number of unbranched alkanes of at least 4 members (excludes halogenated alkanes) is 1. The normalized spacial score (nSPS) is 35.3. The molecule has 1 saturated carbocycles. The van der Waals surface area contributed by atoms with E-state index in [1.54, 1.807) is 0 Å². The highest BCUT2D eigenvalue weighted by atomic mass is 16.1. The van der Waals surface area contributed by atoms with Gasteiger partial charge in [-0.05, 0) is 25.2 Å². The van der Waals surface area contributed by atoms with Crippen molar-refractivity contribution in [2.24, 2.45) is 11.3 Å². The fraction of sp³-hybridized carbons (Fsp3) is 0.909. The van der Waals surface area contributed by atoms with Gasteiger partial charge >= 0.3 is 0 Å². The quantitative estimate of drug-likeness (QED) is 0.589. The molecule has 2 unspecified atom stereocenters. The van der Waals surface area contributed by atoms with Crippen LogP contribution in [0.25, 0.3) is 0 Å². The maximum absolute atomic E-state index is 11.0. The number of rotatable bonds is 4. The minimum Gasteiger partial charge on any atom is -0.303 e. The van der Waals surface area contributed by atoms with Gasteiger partial charge in [0, 0.05) is 5.41 Å². The summed E-state index contributed by atoms with van der Waals surface area (Å²) >= 11 is 0. The topological polar surface area (TPSA) is 17.1 Å². The minimum atomic E-state index is 0.0655. The first-order valence-corrected chi connectivity index (χ1v) is 5.21. The van der Waals surface area contributed by atoms with Gasteiger partial charge in [-0.3, -0.25) is 0 Å². The first kappa shape index (κ1) is 9.76. The van der Waals surface area contributed by atoms with Crippen molar-refractivity contribution in [3.63, 3.8) is 0 Å². The Morgan fingerprint density at radius 1 is 1.58 bits per heavy atom. The average Bonchev–Trinajstić information content (AvgIpc) is 2.45. The molecule has 0 aromatic carbocycles. The molecule has 1 aliphatic rings. The molecule has 0 heterocycles. The second-order valence-electron chi connectivity index (χ2n) is 4.25. The lowest BCUT2D eigenvalue weighted by molar-refractivity contribution is -0.118. The predicted molar refractivity (Wildman–Crippen MR) is 51.0 cm³/mol. The van der Waals surface area contributed by atoms with Gasteiger partial charge in [-0.2, -0.15) is 0 Å². The first-order chi connectivity index (χ1) is 5.75. The fourth-order valence-corrected chi connectivity index (χ4v) is 2.38. The van der Waals surface area contributed by atoms with Crippen molar-refractivity contribution in [2.45, 2.75) is 52.4 Å². The summed E-state index contributed by atoms with van der Waals surface area (Å²) in [5, 5.41) is 0. The highest BCUT2D eigenvalue weighted by Gasteiger charge is 2.39. The Morgan fingerprint density at radius 2 is 2.33 bits per heavy atom. The molecule has 0 aliphatic heterocycles. The molecule has 0 spiro atoms.